The molecule has 102 valence electrons. The zero-order chi connectivity index (χ0) is 14.1. The van der Waals surface area contributed by atoms with E-state index < -0.39 is 0 Å². The fourth-order valence-electron chi connectivity index (χ4n) is 2.56. The molecule has 3 rings (SSSR count). The SMILES string of the molecule is Cc1cccc(NC(=O)N2Cc3ccccc3C2)c1C. The number of amides is 2. The van der Waals surface area contributed by atoms with Gasteiger partial charge in [0.05, 0.1) is 0 Å². The fourth-order valence-corrected chi connectivity index (χ4v) is 2.56. The lowest BCUT2D eigenvalue weighted by Crippen LogP contribution is -2.30. The molecule has 2 amide bonds. The van der Waals surface area contributed by atoms with Crippen LogP contribution in [-0.4, -0.2) is 10.9 Å². The van der Waals surface area contributed by atoms with Crippen LogP contribution >= 0.6 is 0 Å². The Morgan fingerprint density at radius 2 is 1.65 bits per heavy atom. The summed E-state index contributed by atoms with van der Waals surface area (Å²) in [6.07, 6.45) is 0. The molecule has 3 heteroatoms. The van der Waals surface area contributed by atoms with Gasteiger partial charge < -0.3 is 10.2 Å². The average Bonchev–Trinajstić information content (AvgIpc) is 2.88. The van der Waals surface area contributed by atoms with E-state index in [2.05, 4.69) is 30.4 Å². The molecule has 0 spiro atoms. The van der Waals surface area contributed by atoms with Crippen molar-refractivity contribution in [1.82, 2.24) is 4.90 Å². The van der Waals surface area contributed by atoms with Crippen LogP contribution in [0.15, 0.2) is 42.5 Å². The highest BCUT2D eigenvalue weighted by Gasteiger charge is 2.23. The van der Waals surface area contributed by atoms with E-state index in [1.807, 2.05) is 36.1 Å². The van der Waals surface area contributed by atoms with E-state index in [-0.39, 0.29) is 6.03 Å². The number of benzene rings is 2. The van der Waals surface area contributed by atoms with E-state index in [0.29, 0.717) is 13.1 Å². The van der Waals surface area contributed by atoms with Crippen molar-refractivity contribution in [3.8, 4) is 0 Å². The maximum atomic E-state index is 12.4. The van der Waals surface area contributed by atoms with Crippen molar-refractivity contribution in [1.29, 1.82) is 0 Å². The van der Waals surface area contributed by atoms with Gasteiger partial charge in [-0.25, -0.2) is 4.79 Å². The van der Waals surface area contributed by atoms with Gasteiger partial charge in [-0.1, -0.05) is 36.4 Å². The van der Waals surface area contributed by atoms with E-state index >= 15 is 0 Å². The highest BCUT2D eigenvalue weighted by molar-refractivity contribution is 5.90. The van der Waals surface area contributed by atoms with Gasteiger partial charge in [-0.3, -0.25) is 0 Å². The summed E-state index contributed by atoms with van der Waals surface area (Å²) < 4.78 is 0. The van der Waals surface area contributed by atoms with Crippen molar-refractivity contribution < 1.29 is 4.79 Å². The smallest absolute Gasteiger partial charge is 0.316 e. The van der Waals surface area contributed by atoms with Crippen LogP contribution in [0.3, 0.4) is 0 Å². The summed E-state index contributed by atoms with van der Waals surface area (Å²) in [4.78, 5) is 14.2. The molecular weight excluding hydrogens is 248 g/mol. The van der Waals surface area contributed by atoms with E-state index in [0.717, 1.165) is 11.3 Å². The Morgan fingerprint density at radius 1 is 1.00 bits per heavy atom. The number of nitrogens with zero attached hydrogens (tertiary/aromatic N) is 1. The van der Waals surface area contributed by atoms with Gasteiger partial charge in [-0.15, -0.1) is 0 Å². The number of hydrogen-bond acceptors (Lipinski definition) is 1. The molecular formula is C17H18N2O. The van der Waals surface area contributed by atoms with Crippen LogP contribution in [0.4, 0.5) is 10.5 Å². The number of carbonyl (C=O) groups is 1. The number of fused-ring (bicyclic) bond motifs is 1. The molecule has 0 saturated carbocycles. The zero-order valence-electron chi connectivity index (χ0n) is 11.8. The van der Waals surface area contributed by atoms with Crippen molar-refractivity contribution in [2.24, 2.45) is 0 Å². The van der Waals surface area contributed by atoms with E-state index in [4.69, 9.17) is 0 Å². The van der Waals surface area contributed by atoms with Crippen LogP contribution < -0.4 is 5.32 Å². The molecule has 0 aliphatic carbocycles. The van der Waals surface area contributed by atoms with Crippen LogP contribution in [0, 0.1) is 13.8 Å². The highest BCUT2D eigenvalue weighted by Crippen LogP contribution is 2.24. The minimum Gasteiger partial charge on any atom is -0.316 e. The predicted molar refractivity (Wildman–Crippen MR) is 80.6 cm³/mol. The Labute approximate surface area is 119 Å². The second-order valence-electron chi connectivity index (χ2n) is 5.30. The maximum Gasteiger partial charge on any atom is 0.322 e. The molecule has 0 fully saturated rings. The number of hydrogen-bond donors (Lipinski definition) is 1. The van der Waals surface area contributed by atoms with Gasteiger partial charge in [-0.05, 0) is 42.2 Å². The molecule has 0 atom stereocenters. The molecule has 0 aromatic heterocycles. The Morgan fingerprint density at radius 3 is 2.30 bits per heavy atom. The van der Waals surface area contributed by atoms with E-state index in [1.54, 1.807) is 0 Å². The molecule has 0 unspecified atom stereocenters. The van der Waals surface area contributed by atoms with E-state index in [1.165, 1.54) is 16.7 Å². The topological polar surface area (TPSA) is 32.3 Å². The second kappa shape index (κ2) is 5.00. The Balaban J connectivity index is 1.74. The first kappa shape index (κ1) is 12.7. The number of rotatable bonds is 1. The minimum absolute atomic E-state index is 0.0325. The first-order valence-electron chi connectivity index (χ1n) is 6.84. The third kappa shape index (κ3) is 2.27. The molecule has 0 radical (unpaired) electrons. The van der Waals surface area contributed by atoms with Crippen molar-refractivity contribution in [2.45, 2.75) is 26.9 Å². The summed E-state index contributed by atoms with van der Waals surface area (Å²) in [5, 5.41) is 3.01. The molecule has 1 aliphatic heterocycles. The Bertz CT molecular complexity index is 639. The third-order valence-electron chi connectivity index (χ3n) is 3.97. The summed E-state index contributed by atoms with van der Waals surface area (Å²) in [6.45, 7) is 5.46. The lowest BCUT2D eigenvalue weighted by molar-refractivity contribution is 0.212. The van der Waals surface area contributed by atoms with Crippen LogP contribution in [0.25, 0.3) is 0 Å². The quantitative estimate of drug-likeness (QED) is 0.835. The number of nitrogens with one attached hydrogen (secondary N) is 1. The van der Waals surface area contributed by atoms with E-state index in [9.17, 15) is 4.79 Å². The van der Waals surface area contributed by atoms with Crippen molar-refractivity contribution >= 4 is 11.7 Å². The summed E-state index contributed by atoms with van der Waals surface area (Å²) >= 11 is 0. The number of urea groups is 1. The van der Waals surface area contributed by atoms with Crippen molar-refractivity contribution in [2.75, 3.05) is 5.32 Å². The maximum absolute atomic E-state index is 12.4. The minimum atomic E-state index is -0.0325. The van der Waals surface area contributed by atoms with Crippen LogP contribution in [0.2, 0.25) is 0 Å². The Hall–Kier alpha value is -2.29. The van der Waals surface area contributed by atoms with Crippen molar-refractivity contribution in [3.63, 3.8) is 0 Å². The number of anilines is 1. The zero-order valence-corrected chi connectivity index (χ0v) is 11.8. The van der Waals surface area contributed by atoms with Crippen LogP contribution in [0.1, 0.15) is 22.3 Å². The lowest BCUT2D eigenvalue weighted by Gasteiger charge is -2.18. The predicted octanol–water partition coefficient (Wildman–Crippen LogP) is 3.85. The summed E-state index contributed by atoms with van der Waals surface area (Å²) in [5.41, 5.74) is 5.68. The second-order valence-corrected chi connectivity index (χ2v) is 5.30. The summed E-state index contributed by atoms with van der Waals surface area (Å²) in [7, 11) is 0. The number of aryl methyl sites for hydroxylation is 1. The number of carbonyl (C=O) groups excluding carboxylic acids is 1. The van der Waals surface area contributed by atoms with Gasteiger partial charge in [0.25, 0.3) is 0 Å². The van der Waals surface area contributed by atoms with Gasteiger partial charge in [-0.2, -0.15) is 0 Å². The molecule has 0 bridgehead atoms. The molecule has 1 heterocycles. The molecule has 20 heavy (non-hydrogen) atoms. The van der Waals surface area contributed by atoms with Gasteiger partial charge in [0, 0.05) is 18.8 Å². The Kier molecular flexibility index (Phi) is 3.18. The summed E-state index contributed by atoms with van der Waals surface area (Å²) in [6, 6.07) is 14.1. The molecule has 1 aliphatic rings. The van der Waals surface area contributed by atoms with Gasteiger partial charge in [0.1, 0.15) is 0 Å². The largest absolute Gasteiger partial charge is 0.322 e. The molecule has 2 aromatic carbocycles. The normalized spacial score (nSPS) is 13.2. The van der Waals surface area contributed by atoms with Gasteiger partial charge in [0.2, 0.25) is 0 Å². The first-order chi connectivity index (χ1) is 9.65. The molecule has 1 N–H and O–H groups in total. The third-order valence-corrected chi connectivity index (χ3v) is 3.97. The average molecular weight is 266 g/mol. The molecule has 2 aromatic rings. The first-order valence-corrected chi connectivity index (χ1v) is 6.84. The van der Waals surface area contributed by atoms with Crippen molar-refractivity contribution in [3.05, 3.63) is 64.7 Å². The monoisotopic (exact) mass is 266 g/mol. The van der Waals surface area contributed by atoms with Crippen LogP contribution in [-0.2, 0) is 13.1 Å². The van der Waals surface area contributed by atoms with Crippen LogP contribution in [0.5, 0.6) is 0 Å². The van der Waals surface area contributed by atoms with Gasteiger partial charge in [0.15, 0.2) is 0 Å². The standard InChI is InChI=1S/C17H18N2O/c1-12-6-5-9-16(13(12)2)18-17(20)19-10-14-7-3-4-8-15(14)11-19/h3-9H,10-11H2,1-2H3,(H,18,20). The molecule has 3 nitrogen and oxygen atoms in total. The lowest BCUT2D eigenvalue weighted by atomic mass is 10.1. The summed E-state index contributed by atoms with van der Waals surface area (Å²) in [5.74, 6) is 0. The highest BCUT2D eigenvalue weighted by atomic mass is 16.2. The molecule has 0 saturated heterocycles. The van der Waals surface area contributed by atoms with Gasteiger partial charge >= 0.3 is 6.03 Å². The fraction of sp³-hybridized carbons (Fsp3) is 0.235.